The minimum absolute atomic E-state index is 0.206. The van der Waals surface area contributed by atoms with Crippen LogP contribution in [-0.4, -0.2) is 11.6 Å². The average molecular weight is 254 g/mol. The van der Waals surface area contributed by atoms with Crippen LogP contribution in [-0.2, 0) is 12.8 Å². The number of ether oxygens (including phenoxy) is 1. The first-order chi connectivity index (χ1) is 9.33. The summed E-state index contributed by atoms with van der Waals surface area (Å²) in [6, 6.07) is 12.4. The zero-order valence-electron chi connectivity index (χ0n) is 10.9. The van der Waals surface area contributed by atoms with E-state index < -0.39 is 0 Å². The van der Waals surface area contributed by atoms with Gasteiger partial charge in [-0.25, -0.2) is 0 Å². The molecule has 1 heterocycles. The van der Waals surface area contributed by atoms with Gasteiger partial charge in [0.25, 0.3) is 0 Å². The van der Waals surface area contributed by atoms with Crippen LogP contribution in [0.25, 0.3) is 0 Å². The maximum atomic E-state index is 6.02. The van der Waals surface area contributed by atoms with Crippen LogP contribution in [0.5, 0.6) is 5.75 Å². The fourth-order valence-corrected chi connectivity index (χ4v) is 2.54. The number of benzene rings is 1. The predicted octanol–water partition coefficient (Wildman–Crippen LogP) is 2.65. The molecule has 2 N–H and O–H groups in total. The molecule has 2 aromatic rings. The van der Waals surface area contributed by atoms with Crippen molar-refractivity contribution in [1.29, 1.82) is 0 Å². The Morgan fingerprint density at radius 1 is 1.26 bits per heavy atom. The van der Waals surface area contributed by atoms with Crippen molar-refractivity contribution in [3.8, 4) is 5.75 Å². The third kappa shape index (κ3) is 2.76. The summed E-state index contributed by atoms with van der Waals surface area (Å²) >= 11 is 0. The second-order valence-corrected chi connectivity index (χ2v) is 4.93. The summed E-state index contributed by atoms with van der Waals surface area (Å²) in [6.45, 7) is 0.655. The smallest absolute Gasteiger partial charge is 0.119 e. The van der Waals surface area contributed by atoms with Gasteiger partial charge in [-0.2, -0.15) is 0 Å². The third-order valence-corrected chi connectivity index (χ3v) is 3.59. The zero-order valence-corrected chi connectivity index (χ0v) is 10.9. The lowest BCUT2D eigenvalue weighted by Gasteiger charge is -2.09. The van der Waals surface area contributed by atoms with Crippen LogP contribution in [0.3, 0.4) is 0 Å². The van der Waals surface area contributed by atoms with Gasteiger partial charge in [-0.1, -0.05) is 12.1 Å². The van der Waals surface area contributed by atoms with Gasteiger partial charge in [0.05, 0.1) is 6.61 Å². The quantitative estimate of drug-likeness (QED) is 0.912. The van der Waals surface area contributed by atoms with E-state index >= 15 is 0 Å². The van der Waals surface area contributed by atoms with E-state index in [1.54, 1.807) is 0 Å². The van der Waals surface area contributed by atoms with Crippen LogP contribution >= 0.6 is 0 Å². The van der Waals surface area contributed by atoms with Gasteiger partial charge >= 0.3 is 0 Å². The summed E-state index contributed by atoms with van der Waals surface area (Å²) in [5, 5.41) is 0. The monoisotopic (exact) mass is 254 g/mol. The first kappa shape index (κ1) is 12.2. The second kappa shape index (κ2) is 5.41. The summed E-state index contributed by atoms with van der Waals surface area (Å²) in [5.74, 6) is 0.934. The van der Waals surface area contributed by atoms with E-state index in [9.17, 15) is 0 Å². The van der Waals surface area contributed by atoms with Crippen LogP contribution in [0.4, 0.5) is 0 Å². The molecule has 0 aliphatic heterocycles. The SMILES string of the molecule is N[C@H]1CCc2cc(OCCc3ccccn3)ccc21. The van der Waals surface area contributed by atoms with Crippen molar-refractivity contribution in [3.05, 3.63) is 59.4 Å². The van der Waals surface area contributed by atoms with Gasteiger partial charge in [0.2, 0.25) is 0 Å². The van der Waals surface area contributed by atoms with E-state index in [0.717, 1.165) is 30.7 Å². The Balaban J connectivity index is 1.59. The Morgan fingerprint density at radius 3 is 3.05 bits per heavy atom. The molecular weight excluding hydrogens is 236 g/mol. The topological polar surface area (TPSA) is 48.1 Å². The summed E-state index contributed by atoms with van der Waals surface area (Å²) < 4.78 is 5.79. The largest absolute Gasteiger partial charge is 0.493 e. The molecule has 0 spiro atoms. The predicted molar refractivity (Wildman–Crippen MR) is 75.1 cm³/mol. The Labute approximate surface area is 113 Å². The number of aromatic nitrogens is 1. The second-order valence-electron chi connectivity index (χ2n) is 4.93. The number of aryl methyl sites for hydroxylation is 1. The summed E-state index contributed by atoms with van der Waals surface area (Å²) in [7, 11) is 0. The number of nitrogens with two attached hydrogens (primary N) is 1. The van der Waals surface area contributed by atoms with Crippen LogP contribution in [0.1, 0.15) is 29.3 Å². The molecule has 0 bridgehead atoms. The fourth-order valence-electron chi connectivity index (χ4n) is 2.54. The normalized spacial score (nSPS) is 17.2. The molecule has 1 atom stereocenters. The summed E-state index contributed by atoms with van der Waals surface area (Å²) in [6.07, 6.45) is 4.75. The van der Waals surface area contributed by atoms with E-state index in [4.69, 9.17) is 10.5 Å². The van der Waals surface area contributed by atoms with Gasteiger partial charge in [-0.15, -0.1) is 0 Å². The minimum atomic E-state index is 0.206. The molecule has 0 fully saturated rings. The van der Waals surface area contributed by atoms with E-state index in [2.05, 4.69) is 17.1 Å². The average Bonchev–Trinajstić information content (AvgIpc) is 2.81. The lowest BCUT2D eigenvalue weighted by Crippen LogP contribution is -2.05. The lowest BCUT2D eigenvalue weighted by atomic mass is 10.1. The molecule has 0 saturated heterocycles. The van der Waals surface area contributed by atoms with Crippen LogP contribution in [0, 0.1) is 0 Å². The highest BCUT2D eigenvalue weighted by atomic mass is 16.5. The van der Waals surface area contributed by atoms with Crippen molar-refractivity contribution in [2.24, 2.45) is 5.73 Å². The Kier molecular flexibility index (Phi) is 3.47. The highest BCUT2D eigenvalue weighted by Crippen LogP contribution is 2.31. The Morgan fingerprint density at radius 2 is 2.21 bits per heavy atom. The number of nitrogens with zero attached hydrogens (tertiary/aromatic N) is 1. The zero-order chi connectivity index (χ0) is 13.1. The summed E-state index contributed by atoms with van der Waals surface area (Å²) in [5.41, 5.74) is 9.70. The highest BCUT2D eigenvalue weighted by Gasteiger charge is 2.18. The van der Waals surface area contributed by atoms with Crippen molar-refractivity contribution in [3.63, 3.8) is 0 Å². The molecule has 3 rings (SSSR count). The molecule has 3 nitrogen and oxygen atoms in total. The fraction of sp³-hybridized carbons (Fsp3) is 0.312. The van der Waals surface area contributed by atoms with Gasteiger partial charge in [-0.3, -0.25) is 4.98 Å². The molecule has 0 saturated carbocycles. The van der Waals surface area contributed by atoms with Crippen molar-refractivity contribution < 1.29 is 4.74 Å². The lowest BCUT2D eigenvalue weighted by molar-refractivity contribution is 0.320. The molecular formula is C16H18N2O. The molecule has 1 aliphatic rings. The molecule has 3 heteroatoms. The van der Waals surface area contributed by atoms with Gasteiger partial charge in [0.15, 0.2) is 0 Å². The first-order valence-corrected chi connectivity index (χ1v) is 6.74. The minimum Gasteiger partial charge on any atom is -0.493 e. The van der Waals surface area contributed by atoms with Gasteiger partial charge in [0, 0.05) is 24.4 Å². The van der Waals surface area contributed by atoms with Crippen molar-refractivity contribution >= 4 is 0 Å². The molecule has 1 aromatic carbocycles. The number of fused-ring (bicyclic) bond motifs is 1. The molecule has 0 unspecified atom stereocenters. The molecule has 98 valence electrons. The molecule has 0 amide bonds. The van der Waals surface area contributed by atoms with Gasteiger partial charge in [-0.05, 0) is 48.2 Å². The van der Waals surface area contributed by atoms with Gasteiger partial charge in [0.1, 0.15) is 5.75 Å². The molecule has 0 radical (unpaired) electrons. The first-order valence-electron chi connectivity index (χ1n) is 6.74. The number of pyridine rings is 1. The third-order valence-electron chi connectivity index (χ3n) is 3.59. The molecule has 1 aromatic heterocycles. The number of hydrogen-bond acceptors (Lipinski definition) is 3. The van der Waals surface area contributed by atoms with E-state index in [0.29, 0.717) is 6.61 Å². The Bertz CT molecular complexity index is 554. The maximum absolute atomic E-state index is 6.02. The molecule has 19 heavy (non-hydrogen) atoms. The van der Waals surface area contributed by atoms with Crippen LogP contribution < -0.4 is 10.5 Å². The van der Waals surface area contributed by atoms with E-state index in [1.807, 2.05) is 30.5 Å². The standard InChI is InChI=1S/C16H18N2O/c17-16-7-4-12-11-14(5-6-15(12)16)19-10-8-13-3-1-2-9-18-13/h1-3,5-6,9,11,16H,4,7-8,10,17H2/t16-/m0/s1. The Hall–Kier alpha value is -1.87. The van der Waals surface area contributed by atoms with Crippen molar-refractivity contribution in [1.82, 2.24) is 4.98 Å². The number of hydrogen-bond donors (Lipinski definition) is 1. The van der Waals surface area contributed by atoms with Crippen molar-refractivity contribution in [2.75, 3.05) is 6.61 Å². The van der Waals surface area contributed by atoms with Crippen molar-refractivity contribution in [2.45, 2.75) is 25.3 Å². The maximum Gasteiger partial charge on any atom is 0.119 e. The van der Waals surface area contributed by atoms with Crippen LogP contribution in [0.2, 0.25) is 0 Å². The van der Waals surface area contributed by atoms with E-state index in [1.165, 1.54) is 11.1 Å². The summed E-state index contributed by atoms with van der Waals surface area (Å²) in [4.78, 5) is 4.28. The highest BCUT2D eigenvalue weighted by molar-refractivity contribution is 5.40. The van der Waals surface area contributed by atoms with E-state index in [-0.39, 0.29) is 6.04 Å². The van der Waals surface area contributed by atoms with Crippen LogP contribution in [0.15, 0.2) is 42.6 Å². The molecule has 1 aliphatic carbocycles. The van der Waals surface area contributed by atoms with Gasteiger partial charge < -0.3 is 10.5 Å². The number of rotatable bonds is 4.